The number of nitrogens with one attached hydrogen (secondary N) is 1. The fourth-order valence-corrected chi connectivity index (χ4v) is 1.22. The molecule has 0 aliphatic carbocycles. The van der Waals surface area contributed by atoms with Crippen molar-refractivity contribution < 1.29 is 23.9 Å². The molecule has 0 aliphatic heterocycles. The molecule has 20 heavy (non-hydrogen) atoms. The smallest absolute Gasteiger partial charge is 0.355 e. The van der Waals surface area contributed by atoms with Crippen LogP contribution in [0.15, 0.2) is 5.10 Å². The molecule has 0 spiro atoms. The van der Waals surface area contributed by atoms with E-state index < -0.39 is 29.7 Å². The Morgan fingerprint density at radius 3 is 2.05 bits per heavy atom. The standard InChI is InChI=1S/C13H22N2O5/c1-6-19-10(17)8-9(16)14-15-11(13(3,4)5)12(18)20-7-2/h6-8H2,1-5H3,(H,14,16). The van der Waals surface area contributed by atoms with Crippen LogP contribution in [0.5, 0.6) is 0 Å². The highest BCUT2D eigenvalue weighted by Crippen LogP contribution is 2.16. The molecule has 7 heteroatoms. The molecule has 0 fully saturated rings. The summed E-state index contributed by atoms with van der Waals surface area (Å²) in [4.78, 5) is 34.3. The Labute approximate surface area is 118 Å². The van der Waals surface area contributed by atoms with Crippen molar-refractivity contribution in [3.63, 3.8) is 0 Å². The first-order chi connectivity index (χ1) is 9.22. The summed E-state index contributed by atoms with van der Waals surface area (Å²) < 4.78 is 9.50. The minimum atomic E-state index is -0.645. The van der Waals surface area contributed by atoms with Crippen molar-refractivity contribution >= 4 is 23.6 Å². The lowest BCUT2D eigenvalue weighted by Crippen LogP contribution is -2.34. The minimum absolute atomic E-state index is 0.0801. The Morgan fingerprint density at radius 1 is 1.05 bits per heavy atom. The number of nitrogens with zero attached hydrogens (tertiary/aromatic N) is 1. The maximum Gasteiger partial charge on any atom is 0.355 e. The minimum Gasteiger partial charge on any atom is -0.466 e. The zero-order valence-corrected chi connectivity index (χ0v) is 12.6. The van der Waals surface area contributed by atoms with Crippen LogP contribution in [0, 0.1) is 5.41 Å². The first-order valence-corrected chi connectivity index (χ1v) is 6.42. The quantitative estimate of drug-likeness (QED) is 0.340. The van der Waals surface area contributed by atoms with Gasteiger partial charge in [-0.25, -0.2) is 10.2 Å². The molecule has 0 aromatic rings. The van der Waals surface area contributed by atoms with Gasteiger partial charge in [-0.15, -0.1) is 0 Å². The number of rotatable bonds is 6. The highest BCUT2D eigenvalue weighted by atomic mass is 16.5. The van der Waals surface area contributed by atoms with E-state index in [0.29, 0.717) is 0 Å². The van der Waals surface area contributed by atoms with Crippen molar-refractivity contribution in [3.8, 4) is 0 Å². The molecule has 0 radical (unpaired) electrons. The molecule has 0 heterocycles. The lowest BCUT2D eigenvalue weighted by molar-refractivity contribution is -0.146. The van der Waals surface area contributed by atoms with Gasteiger partial charge in [-0.1, -0.05) is 20.8 Å². The first kappa shape index (κ1) is 18.1. The van der Waals surface area contributed by atoms with E-state index in [9.17, 15) is 14.4 Å². The van der Waals surface area contributed by atoms with Gasteiger partial charge in [0, 0.05) is 5.41 Å². The average Bonchev–Trinajstić information content (AvgIpc) is 2.27. The van der Waals surface area contributed by atoms with Crippen molar-refractivity contribution in [3.05, 3.63) is 0 Å². The van der Waals surface area contributed by atoms with Gasteiger partial charge in [0.1, 0.15) is 6.42 Å². The third kappa shape index (κ3) is 6.86. The van der Waals surface area contributed by atoms with Gasteiger partial charge in [0.15, 0.2) is 5.71 Å². The van der Waals surface area contributed by atoms with Gasteiger partial charge in [-0.05, 0) is 13.8 Å². The molecular formula is C13H22N2O5. The number of hydrazone groups is 1. The predicted octanol–water partition coefficient (Wildman–Crippen LogP) is 1.02. The van der Waals surface area contributed by atoms with Crippen LogP contribution in [-0.2, 0) is 23.9 Å². The van der Waals surface area contributed by atoms with Gasteiger partial charge < -0.3 is 9.47 Å². The molecule has 0 aromatic carbocycles. The molecule has 0 unspecified atom stereocenters. The third-order valence-electron chi connectivity index (χ3n) is 2.08. The van der Waals surface area contributed by atoms with Crippen LogP contribution in [0.2, 0.25) is 0 Å². The summed E-state index contributed by atoms with van der Waals surface area (Å²) in [5.41, 5.74) is 1.65. The van der Waals surface area contributed by atoms with E-state index in [0.717, 1.165) is 0 Å². The van der Waals surface area contributed by atoms with E-state index in [1.165, 1.54) is 0 Å². The fourth-order valence-electron chi connectivity index (χ4n) is 1.22. The van der Waals surface area contributed by atoms with Crippen LogP contribution >= 0.6 is 0 Å². The number of carbonyl (C=O) groups is 3. The maximum atomic E-state index is 11.7. The van der Waals surface area contributed by atoms with Crippen LogP contribution < -0.4 is 5.43 Å². The van der Waals surface area contributed by atoms with Crippen LogP contribution in [-0.4, -0.2) is 36.8 Å². The second kappa shape index (κ2) is 8.29. The first-order valence-electron chi connectivity index (χ1n) is 6.42. The van der Waals surface area contributed by atoms with Crippen molar-refractivity contribution in [1.82, 2.24) is 5.43 Å². The lowest BCUT2D eigenvalue weighted by Gasteiger charge is -2.19. The predicted molar refractivity (Wildman–Crippen MR) is 72.9 cm³/mol. The fraction of sp³-hybridized carbons (Fsp3) is 0.692. The van der Waals surface area contributed by atoms with E-state index in [1.807, 2.05) is 0 Å². The maximum absolute atomic E-state index is 11.7. The van der Waals surface area contributed by atoms with E-state index >= 15 is 0 Å². The van der Waals surface area contributed by atoms with Gasteiger partial charge >= 0.3 is 11.9 Å². The average molecular weight is 286 g/mol. The largest absolute Gasteiger partial charge is 0.466 e. The van der Waals surface area contributed by atoms with Crippen molar-refractivity contribution in [1.29, 1.82) is 0 Å². The van der Waals surface area contributed by atoms with Crippen LogP contribution in [0.4, 0.5) is 0 Å². The highest BCUT2D eigenvalue weighted by Gasteiger charge is 2.27. The number of amides is 1. The van der Waals surface area contributed by atoms with Crippen molar-refractivity contribution in [2.75, 3.05) is 13.2 Å². The molecule has 0 saturated carbocycles. The van der Waals surface area contributed by atoms with Crippen molar-refractivity contribution in [2.45, 2.75) is 41.0 Å². The van der Waals surface area contributed by atoms with E-state index in [4.69, 9.17) is 4.74 Å². The summed E-state index contributed by atoms with van der Waals surface area (Å²) in [5.74, 6) is -1.89. The Hall–Kier alpha value is -1.92. The van der Waals surface area contributed by atoms with Crippen LogP contribution in [0.3, 0.4) is 0 Å². The summed E-state index contributed by atoms with van der Waals surface area (Å²) >= 11 is 0. The number of carbonyl (C=O) groups excluding carboxylic acids is 3. The van der Waals surface area contributed by atoms with Gasteiger partial charge in [-0.3, -0.25) is 9.59 Å². The second-order valence-electron chi connectivity index (χ2n) is 4.95. The van der Waals surface area contributed by atoms with Crippen molar-refractivity contribution in [2.24, 2.45) is 10.5 Å². The normalized spacial score (nSPS) is 11.8. The molecule has 1 N–H and O–H groups in total. The molecule has 0 aromatic heterocycles. The molecule has 0 rings (SSSR count). The number of esters is 2. The molecule has 7 nitrogen and oxygen atoms in total. The van der Waals surface area contributed by atoms with Gasteiger partial charge in [-0.2, -0.15) is 5.10 Å². The Morgan fingerprint density at radius 2 is 1.60 bits per heavy atom. The zero-order valence-electron chi connectivity index (χ0n) is 12.6. The molecule has 114 valence electrons. The SMILES string of the molecule is CCOC(=O)CC(=O)NN=C(C(=O)OCC)C(C)(C)C. The summed E-state index contributed by atoms with van der Waals surface area (Å²) in [6.45, 7) is 9.03. The van der Waals surface area contributed by atoms with Gasteiger partial charge in [0.25, 0.3) is 5.91 Å². The molecule has 1 amide bonds. The van der Waals surface area contributed by atoms with Crippen LogP contribution in [0.1, 0.15) is 41.0 Å². The number of hydrogen-bond acceptors (Lipinski definition) is 6. The zero-order chi connectivity index (χ0) is 15.8. The van der Waals surface area contributed by atoms with Gasteiger partial charge in [0.2, 0.25) is 0 Å². The summed E-state index contributed by atoms with van der Waals surface area (Å²) in [7, 11) is 0. The summed E-state index contributed by atoms with van der Waals surface area (Å²) in [5, 5.41) is 3.76. The highest BCUT2D eigenvalue weighted by molar-refractivity contribution is 6.38. The summed E-state index contributed by atoms with van der Waals surface area (Å²) in [6.07, 6.45) is -0.447. The van der Waals surface area contributed by atoms with E-state index in [2.05, 4.69) is 15.3 Å². The lowest BCUT2D eigenvalue weighted by atomic mass is 9.90. The van der Waals surface area contributed by atoms with Gasteiger partial charge in [0.05, 0.1) is 13.2 Å². The molecule has 0 atom stereocenters. The third-order valence-corrected chi connectivity index (χ3v) is 2.08. The van der Waals surface area contributed by atoms with E-state index in [1.54, 1.807) is 34.6 Å². The Balaban J connectivity index is 4.74. The molecule has 0 aliphatic rings. The summed E-state index contributed by atoms with van der Waals surface area (Å²) in [6, 6.07) is 0. The molecule has 0 saturated heterocycles. The van der Waals surface area contributed by atoms with E-state index in [-0.39, 0.29) is 18.9 Å². The monoisotopic (exact) mass is 286 g/mol. The molecule has 0 bridgehead atoms. The number of ether oxygens (including phenoxy) is 2. The Bertz CT molecular complexity index is 396. The Kier molecular flexibility index (Phi) is 7.49. The topological polar surface area (TPSA) is 94.1 Å². The van der Waals surface area contributed by atoms with Crippen LogP contribution in [0.25, 0.3) is 0 Å². The number of hydrogen-bond donors (Lipinski definition) is 1. The second-order valence-corrected chi connectivity index (χ2v) is 4.95. The molecular weight excluding hydrogens is 264 g/mol.